The van der Waals surface area contributed by atoms with Crippen LogP contribution in [0.5, 0.6) is 0 Å². The average molecular weight is 196 g/mol. The summed E-state index contributed by atoms with van der Waals surface area (Å²) in [6.45, 7) is 3.94. The Kier molecular flexibility index (Phi) is 1.70. The molecular weight excluding hydrogens is 186 g/mol. The van der Waals surface area contributed by atoms with Crippen molar-refractivity contribution in [3.8, 4) is 0 Å². The monoisotopic (exact) mass is 195 g/mol. The Labute approximate surface area is 82.2 Å². The number of nitrogens with zero attached hydrogens (tertiary/aromatic N) is 3. The topological polar surface area (TPSA) is 19.4 Å². The van der Waals surface area contributed by atoms with Gasteiger partial charge in [0.25, 0.3) is 0 Å². The van der Waals surface area contributed by atoms with Crippen LogP contribution in [0.15, 0.2) is 24.7 Å². The molecule has 0 saturated carbocycles. The van der Waals surface area contributed by atoms with Crippen LogP contribution >= 0.6 is 11.6 Å². The quantitative estimate of drug-likeness (QED) is 0.591. The summed E-state index contributed by atoms with van der Waals surface area (Å²) < 4.78 is 0. The molecule has 0 unspecified atom stereocenters. The maximum absolute atomic E-state index is 5.97. The zero-order chi connectivity index (χ0) is 9.59. The number of pyridine rings is 1. The van der Waals surface area contributed by atoms with Gasteiger partial charge >= 0.3 is 0 Å². The first-order chi connectivity index (χ1) is 6.13. The van der Waals surface area contributed by atoms with Crippen molar-refractivity contribution < 1.29 is 0 Å². The summed E-state index contributed by atoms with van der Waals surface area (Å²) in [6, 6.07) is 1.93. The second-order valence-electron chi connectivity index (χ2n) is 3.00. The molecule has 0 N–H and O–H groups in total. The van der Waals surface area contributed by atoms with Gasteiger partial charge in [-0.05, 0) is 6.07 Å². The lowest BCUT2D eigenvalue weighted by Crippen LogP contribution is -2.20. The molecule has 3 nitrogen and oxygen atoms in total. The predicted molar refractivity (Wildman–Crippen MR) is 55.2 cm³/mol. The molecule has 0 aliphatic carbocycles. The van der Waals surface area contributed by atoms with Gasteiger partial charge in [0.05, 0.1) is 5.69 Å². The Bertz CT molecular complexity index is 375. The van der Waals surface area contributed by atoms with E-state index in [9.17, 15) is 0 Å². The van der Waals surface area contributed by atoms with E-state index < -0.39 is 0 Å². The van der Waals surface area contributed by atoms with E-state index in [-0.39, 0.29) is 0 Å². The SMILES string of the molecule is C=C1N(C)c2ccnc(Cl)c2N1C. The minimum atomic E-state index is 0.519. The number of hydrogen-bond donors (Lipinski definition) is 0. The average Bonchev–Trinajstić information content (AvgIpc) is 2.33. The standard InChI is InChI=1S/C9H10ClN3/c1-6-12(2)7-4-5-11-9(10)8(7)13(6)3/h4-5H,1H2,2-3H3. The summed E-state index contributed by atoms with van der Waals surface area (Å²) in [4.78, 5) is 7.95. The molecule has 0 spiro atoms. The van der Waals surface area contributed by atoms with E-state index in [1.54, 1.807) is 6.20 Å². The smallest absolute Gasteiger partial charge is 0.154 e. The maximum atomic E-state index is 5.97. The van der Waals surface area contributed by atoms with Crippen molar-refractivity contribution in [2.75, 3.05) is 23.9 Å². The Hall–Kier alpha value is -1.22. The Morgan fingerprint density at radius 2 is 2.08 bits per heavy atom. The van der Waals surface area contributed by atoms with E-state index in [0.29, 0.717) is 5.15 Å². The van der Waals surface area contributed by atoms with Crippen LogP contribution in [-0.4, -0.2) is 19.1 Å². The predicted octanol–water partition coefficient (Wildman–Crippen LogP) is 2.09. The molecule has 1 aliphatic heterocycles. The summed E-state index contributed by atoms with van der Waals surface area (Å²) in [5.41, 5.74) is 1.98. The molecule has 0 aromatic carbocycles. The number of halogens is 1. The van der Waals surface area contributed by atoms with E-state index in [1.807, 2.05) is 30.0 Å². The Morgan fingerprint density at radius 3 is 2.69 bits per heavy atom. The van der Waals surface area contributed by atoms with Gasteiger partial charge in [-0.3, -0.25) is 0 Å². The number of fused-ring (bicyclic) bond motifs is 1. The third-order valence-corrected chi connectivity index (χ3v) is 2.61. The molecule has 4 heteroatoms. The Morgan fingerprint density at radius 1 is 1.38 bits per heavy atom. The number of aromatic nitrogens is 1. The first kappa shape index (κ1) is 8.38. The van der Waals surface area contributed by atoms with E-state index in [0.717, 1.165) is 17.2 Å². The van der Waals surface area contributed by atoms with Crippen LogP contribution in [0.2, 0.25) is 5.15 Å². The second kappa shape index (κ2) is 2.64. The van der Waals surface area contributed by atoms with Crippen LogP contribution in [-0.2, 0) is 0 Å². The summed E-state index contributed by atoms with van der Waals surface area (Å²) in [7, 11) is 3.89. The zero-order valence-corrected chi connectivity index (χ0v) is 8.34. The third-order valence-electron chi connectivity index (χ3n) is 2.33. The van der Waals surface area contributed by atoms with Crippen LogP contribution in [0.3, 0.4) is 0 Å². The van der Waals surface area contributed by atoms with Crippen LogP contribution in [0.25, 0.3) is 0 Å². The van der Waals surface area contributed by atoms with Crippen molar-refractivity contribution >= 4 is 23.0 Å². The summed E-state index contributed by atoms with van der Waals surface area (Å²) >= 11 is 5.97. The van der Waals surface area contributed by atoms with Gasteiger partial charge in [-0.2, -0.15) is 0 Å². The lowest BCUT2D eigenvalue weighted by Gasteiger charge is -2.15. The molecule has 1 aromatic rings. The van der Waals surface area contributed by atoms with Crippen LogP contribution < -0.4 is 9.80 Å². The number of hydrogen-bond acceptors (Lipinski definition) is 3. The van der Waals surface area contributed by atoms with Gasteiger partial charge in [-0.15, -0.1) is 0 Å². The molecule has 2 heterocycles. The molecule has 0 amide bonds. The van der Waals surface area contributed by atoms with Gasteiger partial charge in [-0.25, -0.2) is 4.98 Å². The molecule has 1 aromatic heterocycles. The highest BCUT2D eigenvalue weighted by atomic mass is 35.5. The van der Waals surface area contributed by atoms with Gasteiger partial charge < -0.3 is 9.80 Å². The first-order valence-electron chi connectivity index (χ1n) is 3.94. The fourth-order valence-electron chi connectivity index (χ4n) is 1.49. The summed E-state index contributed by atoms with van der Waals surface area (Å²) in [6.07, 6.45) is 1.70. The third kappa shape index (κ3) is 1.00. The molecule has 2 rings (SSSR count). The summed E-state index contributed by atoms with van der Waals surface area (Å²) in [5.74, 6) is 0.907. The van der Waals surface area contributed by atoms with Crippen molar-refractivity contribution in [1.82, 2.24) is 4.98 Å². The molecular formula is C9H10ClN3. The zero-order valence-electron chi connectivity index (χ0n) is 7.58. The van der Waals surface area contributed by atoms with Crippen LogP contribution in [0.1, 0.15) is 0 Å². The second-order valence-corrected chi connectivity index (χ2v) is 3.36. The molecule has 0 saturated heterocycles. The van der Waals surface area contributed by atoms with Gasteiger partial charge in [0, 0.05) is 20.3 Å². The van der Waals surface area contributed by atoms with Crippen molar-refractivity contribution in [2.24, 2.45) is 0 Å². The van der Waals surface area contributed by atoms with E-state index in [4.69, 9.17) is 11.6 Å². The molecule has 0 radical (unpaired) electrons. The summed E-state index contributed by atoms with van der Waals surface area (Å²) in [5, 5.41) is 0.519. The molecule has 0 bridgehead atoms. The minimum absolute atomic E-state index is 0.519. The first-order valence-corrected chi connectivity index (χ1v) is 4.31. The van der Waals surface area contributed by atoms with Crippen LogP contribution in [0.4, 0.5) is 11.4 Å². The van der Waals surface area contributed by atoms with Crippen molar-refractivity contribution in [1.29, 1.82) is 0 Å². The van der Waals surface area contributed by atoms with Gasteiger partial charge in [0.15, 0.2) is 5.15 Å². The number of anilines is 2. The van der Waals surface area contributed by atoms with E-state index in [2.05, 4.69) is 11.6 Å². The van der Waals surface area contributed by atoms with Gasteiger partial charge in [-0.1, -0.05) is 18.2 Å². The van der Waals surface area contributed by atoms with E-state index in [1.165, 1.54) is 0 Å². The lowest BCUT2D eigenvalue weighted by molar-refractivity contribution is 1.06. The highest BCUT2D eigenvalue weighted by molar-refractivity contribution is 6.33. The van der Waals surface area contributed by atoms with Crippen LogP contribution in [0, 0.1) is 0 Å². The highest BCUT2D eigenvalue weighted by Crippen LogP contribution is 2.42. The molecule has 0 fully saturated rings. The highest BCUT2D eigenvalue weighted by Gasteiger charge is 2.26. The fraction of sp³-hybridized carbons (Fsp3) is 0.222. The molecule has 1 aliphatic rings. The van der Waals surface area contributed by atoms with Crippen molar-refractivity contribution in [3.63, 3.8) is 0 Å². The number of rotatable bonds is 0. The molecule has 0 atom stereocenters. The van der Waals surface area contributed by atoms with Gasteiger partial charge in [0.1, 0.15) is 11.5 Å². The lowest BCUT2D eigenvalue weighted by atomic mass is 10.3. The van der Waals surface area contributed by atoms with E-state index >= 15 is 0 Å². The molecule has 13 heavy (non-hydrogen) atoms. The van der Waals surface area contributed by atoms with Gasteiger partial charge in [0.2, 0.25) is 0 Å². The fourth-order valence-corrected chi connectivity index (χ4v) is 1.77. The minimum Gasteiger partial charge on any atom is -0.329 e. The maximum Gasteiger partial charge on any atom is 0.154 e. The van der Waals surface area contributed by atoms with Crippen molar-refractivity contribution in [2.45, 2.75) is 0 Å². The Balaban J connectivity index is 2.66. The molecule has 68 valence electrons. The van der Waals surface area contributed by atoms with Crippen molar-refractivity contribution in [3.05, 3.63) is 29.8 Å². The largest absolute Gasteiger partial charge is 0.329 e. The normalized spacial score (nSPS) is 15.2.